The van der Waals surface area contributed by atoms with E-state index in [1.54, 1.807) is 25.6 Å². The minimum atomic E-state index is -0.353. The molecule has 26 heavy (non-hydrogen) atoms. The SMILES string of the molecule is COc1ccc(-c2cc(C(C)C(=O)Cl)sc2-c2ccc(OC)cc2)cc1. The summed E-state index contributed by atoms with van der Waals surface area (Å²) in [6, 6.07) is 17.9. The molecule has 0 aliphatic heterocycles. The quantitative estimate of drug-likeness (QED) is 0.489. The van der Waals surface area contributed by atoms with Gasteiger partial charge in [-0.3, -0.25) is 4.79 Å². The number of hydrogen-bond donors (Lipinski definition) is 0. The van der Waals surface area contributed by atoms with Crippen molar-refractivity contribution in [2.24, 2.45) is 0 Å². The van der Waals surface area contributed by atoms with Gasteiger partial charge in [0.15, 0.2) is 0 Å². The molecule has 134 valence electrons. The normalized spacial score (nSPS) is 11.8. The Kier molecular flexibility index (Phi) is 5.64. The van der Waals surface area contributed by atoms with Crippen LogP contribution in [0.15, 0.2) is 54.6 Å². The van der Waals surface area contributed by atoms with Crippen LogP contribution in [-0.4, -0.2) is 19.5 Å². The molecule has 5 heteroatoms. The summed E-state index contributed by atoms with van der Waals surface area (Å²) in [4.78, 5) is 13.7. The Labute approximate surface area is 162 Å². The van der Waals surface area contributed by atoms with E-state index >= 15 is 0 Å². The van der Waals surface area contributed by atoms with Crippen LogP contribution in [0.4, 0.5) is 0 Å². The van der Waals surface area contributed by atoms with Crippen LogP contribution in [0.3, 0.4) is 0 Å². The summed E-state index contributed by atoms with van der Waals surface area (Å²) < 4.78 is 10.5. The lowest BCUT2D eigenvalue weighted by Crippen LogP contribution is -1.98. The van der Waals surface area contributed by atoms with Crippen molar-refractivity contribution in [1.82, 2.24) is 0 Å². The minimum Gasteiger partial charge on any atom is -0.497 e. The van der Waals surface area contributed by atoms with E-state index < -0.39 is 0 Å². The first kappa shape index (κ1) is 18.5. The number of thiophene rings is 1. The Balaban J connectivity index is 2.11. The smallest absolute Gasteiger partial charge is 0.229 e. The average molecular weight is 387 g/mol. The summed E-state index contributed by atoms with van der Waals surface area (Å²) in [5.74, 6) is 1.27. The Morgan fingerprint density at radius 1 is 0.923 bits per heavy atom. The maximum atomic E-state index is 11.6. The van der Waals surface area contributed by atoms with Gasteiger partial charge < -0.3 is 9.47 Å². The van der Waals surface area contributed by atoms with E-state index in [1.165, 1.54) is 0 Å². The molecular formula is C21H19ClO3S. The second kappa shape index (κ2) is 7.94. The predicted octanol–water partition coefficient (Wildman–Crippen LogP) is 5.97. The van der Waals surface area contributed by atoms with Crippen molar-refractivity contribution < 1.29 is 14.3 Å². The molecule has 0 spiro atoms. The number of carbonyl (C=O) groups is 1. The molecule has 0 aliphatic rings. The second-order valence-corrected chi connectivity index (χ2v) is 7.33. The summed E-state index contributed by atoms with van der Waals surface area (Å²) in [5.41, 5.74) is 3.21. The number of benzene rings is 2. The van der Waals surface area contributed by atoms with E-state index in [9.17, 15) is 4.79 Å². The molecule has 0 radical (unpaired) electrons. The predicted molar refractivity (Wildman–Crippen MR) is 108 cm³/mol. The van der Waals surface area contributed by atoms with Gasteiger partial charge >= 0.3 is 0 Å². The van der Waals surface area contributed by atoms with Crippen molar-refractivity contribution in [2.45, 2.75) is 12.8 Å². The molecule has 1 aromatic heterocycles. The van der Waals surface area contributed by atoms with Gasteiger partial charge in [-0.25, -0.2) is 0 Å². The number of hydrogen-bond acceptors (Lipinski definition) is 4. The Morgan fingerprint density at radius 2 is 1.42 bits per heavy atom. The molecule has 1 heterocycles. The van der Waals surface area contributed by atoms with Gasteiger partial charge in [0.05, 0.1) is 20.1 Å². The highest BCUT2D eigenvalue weighted by Crippen LogP contribution is 2.42. The fraction of sp³-hybridized carbons (Fsp3) is 0.190. The molecule has 3 aromatic rings. The van der Waals surface area contributed by atoms with E-state index in [2.05, 4.69) is 6.07 Å². The van der Waals surface area contributed by atoms with Gasteiger partial charge in [0.2, 0.25) is 5.24 Å². The number of rotatable bonds is 6. The van der Waals surface area contributed by atoms with Crippen LogP contribution < -0.4 is 9.47 Å². The van der Waals surface area contributed by atoms with Crippen molar-refractivity contribution in [1.29, 1.82) is 0 Å². The number of ether oxygens (including phenoxy) is 2. The lowest BCUT2D eigenvalue weighted by molar-refractivity contribution is -0.112. The van der Waals surface area contributed by atoms with Gasteiger partial charge in [-0.1, -0.05) is 12.1 Å². The summed E-state index contributed by atoms with van der Waals surface area (Å²) in [6.07, 6.45) is 0. The highest BCUT2D eigenvalue weighted by molar-refractivity contribution is 7.16. The molecule has 3 nitrogen and oxygen atoms in total. The highest BCUT2D eigenvalue weighted by Gasteiger charge is 2.20. The van der Waals surface area contributed by atoms with Crippen LogP contribution in [0, 0.1) is 0 Å². The fourth-order valence-electron chi connectivity index (χ4n) is 2.68. The van der Waals surface area contributed by atoms with Crippen LogP contribution in [0.25, 0.3) is 21.6 Å². The van der Waals surface area contributed by atoms with Crippen LogP contribution in [0.1, 0.15) is 17.7 Å². The summed E-state index contributed by atoms with van der Waals surface area (Å²) in [7, 11) is 3.29. The third-order valence-corrected chi connectivity index (χ3v) is 5.97. The third kappa shape index (κ3) is 3.76. The van der Waals surface area contributed by atoms with E-state index in [1.807, 2.05) is 55.5 Å². The number of methoxy groups -OCH3 is 2. The first-order chi connectivity index (χ1) is 12.5. The Morgan fingerprint density at radius 3 is 1.88 bits per heavy atom. The lowest BCUT2D eigenvalue weighted by Gasteiger charge is -2.07. The molecule has 0 bridgehead atoms. The van der Waals surface area contributed by atoms with Gasteiger partial charge in [-0.2, -0.15) is 0 Å². The maximum absolute atomic E-state index is 11.6. The maximum Gasteiger partial charge on any atom is 0.229 e. The zero-order valence-electron chi connectivity index (χ0n) is 14.8. The van der Waals surface area contributed by atoms with E-state index in [4.69, 9.17) is 21.1 Å². The van der Waals surface area contributed by atoms with Crippen molar-refractivity contribution in [3.05, 3.63) is 59.5 Å². The molecule has 3 rings (SSSR count). The molecule has 1 atom stereocenters. The summed E-state index contributed by atoms with van der Waals surface area (Å²) in [5, 5.41) is -0.353. The van der Waals surface area contributed by atoms with Crippen LogP contribution in [0.2, 0.25) is 0 Å². The molecule has 0 saturated heterocycles. The average Bonchev–Trinajstić information content (AvgIpc) is 3.12. The van der Waals surface area contributed by atoms with Gasteiger partial charge in [0.25, 0.3) is 0 Å². The monoisotopic (exact) mass is 386 g/mol. The molecule has 0 aliphatic carbocycles. The molecule has 2 aromatic carbocycles. The zero-order chi connectivity index (χ0) is 18.7. The second-order valence-electron chi connectivity index (χ2n) is 5.87. The van der Waals surface area contributed by atoms with Gasteiger partial charge in [-0.15, -0.1) is 11.3 Å². The highest BCUT2D eigenvalue weighted by atomic mass is 35.5. The van der Waals surface area contributed by atoms with E-state index in [0.29, 0.717) is 0 Å². The van der Waals surface area contributed by atoms with Crippen molar-refractivity contribution in [3.8, 4) is 33.1 Å². The molecule has 0 N–H and O–H groups in total. The van der Waals surface area contributed by atoms with Crippen LogP contribution >= 0.6 is 22.9 Å². The number of halogens is 1. The standard InChI is InChI=1S/C21H19ClO3S/c1-13(21(22)23)19-12-18(14-4-8-16(24-2)9-5-14)20(26-19)15-6-10-17(25-3)11-7-15/h4-13H,1-3H3. The zero-order valence-corrected chi connectivity index (χ0v) is 16.4. The molecular weight excluding hydrogens is 368 g/mol. The first-order valence-corrected chi connectivity index (χ1v) is 9.35. The van der Waals surface area contributed by atoms with Gasteiger partial charge in [0, 0.05) is 15.3 Å². The largest absolute Gasteiger partial charge is 0.497 e. The minimum absolute atomic E-state index is 0.342. The van der Waals surface area contributed by atoms with Gasteiger partial charge in [-0.05, 0) is 72.1 Å². The number of carbonyl (C=O) groups excluding carboxylic acids is 1. The fourth-order valence-corrected chi connectivity index (χ4v) is 4.10. The van der Waals surface area contributed by atoms with Crippen molar-refractivity contribution in [3.63, 3.8) is 0 Å². The molecule has 0 saturated carbocycles. The summed E-state index contributed by atoms with van der Waals surface area (Å²) in [6.45, 7) is 1.83. The van der Waals surface area contributed by atoms with Crippen LogP contribution in [0.5, 0.6) is 11.5 Å². The van der Waals surface area contributed by atoms with Crippen molar-refractivity contribution >= 4 is 28.2 Å². The first-order valence-electron chi connectivity index (χ1n) is 8.15. The van der Waals surface area contributed by atoms with E-state index in [0.717, 1.165) is 37.9 Å². The van der Waals surface area contributed by atoms with Crippen LogP contribution in [-0.2, 0) is 4.79 Å². The third-order valence-electron chi connectivity index (χ3n) is 4.27. The Bertz CT molecular complexity index is 833. The van der Waals surface area contributed by atoms with E-state index in [-0.39, 0.29) is 11.2 Å². The molecule has 1 unspecified atom stereocenters. The Hall–Kier alpha value is -2.30. The van der Waals surface area contributed by atoms with Crippen molar-refractivity contribution in [2.75, 3.05) is 14.2 Å². The summed E-state index contributed by atoms with van der Waals surface area (Å²) >= 11 is 7.32. The molecule has 0 fully saturated rings. The topological polar surface area (TPSA) is 35.5 Å². The lowest BCUT2D eigenvalue weighted by atomic mass is 10.0. The molecule has 0 amide bonds. The van der Waals surface area contributed by atoms with Gasteiger partial charge in [0.1, 0.15) is 11.5 Å².